The molecule has 0 aliphatic carbocycles. The quantitative estimate of drug-likeness (QED) is 0.621. The molecular formula is C19H31N3. The number of allylic oxidation sites excluding steroid dienone is 1. The molecule has 0 aromatic heterocycles. The monoisotopic (exact) mass is 301 g/mol. The fourth-order valence-corrected chi connectivity index (χ4v) is 2.52. The zero-order valence-corrected chi connectivity index (χ0v) is 14.0. The zero-order chi connectivity index (χ0) is 16.4. The minimum absolute atomic E-state index is 0.419. The second-order valence-electron chi connectivity index (χ2n) is 5.91. The summed E-state index contributed by atoms with van der Waals surface area (Å²) in [7, 11) is 0. The van der Waals surface area contributed by atoms with Crippen LogP contribution in [0.5, 0.6) is 0 Å². The highest BCUT2D eigenvalue weighted by atomic mass is 14.9. The van der Waals surface area contributed by atoms with Gasteiger partial charge in [-0.1, -0.05) is 56.8 Å². The molecule has 0 radical (unpaired) electrons. The van der Waals surface area contributed by atoms with Gasteiger partial charge >= 0.3 is 0 Å². The molecule has 0 spiro atoms. The Bertz CT molecular complexity index is 458. The first-order valence-electron chi connectivity index (χ1n) is 8.21. The van der Waals surface area contributed by atoms with Crippen molar-refractivity contribution >= 4 is 11.8 Å². The van der Waals surface area contributed by atoms with Crippen molar-refractivity contribution in [2.75, 3.05) is 19.6 Å². The van der Waals surface area contributed by atoms with Crippen LogP contribution in [-0.2, 0) is 0 Å². The molecule has 0 saturated carbocycles. The van der Waals surface area contributed by atoms with Crippen molar-refractivity contribution in [3.05, 3.63) is 48.0 Å². The van der Waals surface area contributed by atoms with Gasteiger partial charge in [0.15, 0.2) is 0 Å². The van der Waals surface area contributed by atoms with E-state index in [4.69, 9.17) is 11.5 Å². The van der Waals surface area contributed by atoms with Crippen molar-refractivity contribution < 1.29 is 0 Å². The molecule has 0 bridgehead atoms. The van der Waals surface area contributed by atoms with Gasteiger partial charge < -0.3 is 16.8 Å². The fraction of sp³-hybridized carbons (Fsp3) is 0.474. The van der Waals surface area contributed by atoms with Gasteiger partial charge in [0.05, 0.1) is 0 Å². The fourth-order valence-electron chi connectivity index (χ4n) is 2.52. The van der Waals surface area contributed by atoms with Gasteiger partial charge in [-0.3, -0.25) is 0 Å². The molecule has 0 heterocycles. The van der Waals surface area contributed by atoms with Crippen molar-refractivity contribution in [2.24, 2.45) is 23.3 Å². The molecule has 0 saturated heterocycles. The first kappa shape index (κ1) is 18.5. The van der Waals surface area contributed by atoms with E-state index in [1.54, 1.807) is 0 Å². The van der Waals surface area contributed by atoms with Gasteiger partial charge in [-0.25, -0.2) is 0 Å². The Morgan fingerprint density at radius 2 is 1.86 bits per heavy atom. The van der Waals surface area contributed by atoms with Crippen LogP contribution in [0.4, 0.5) is 0 Å². The smallest absolute Gasteiger partial charge is 0.0373 e. The van der Waals surface area contributed by atoms with Crippen LogP contribution in [0.15, 0.2) is 36.9 Å². The second-order valence-corrected chi connectivity index (χ2v) is 5.91. The van der Waals surface area contributed by atoms with E-state index in [-0.39, 0.29) is 0 Å². The minimum atomic E-state index is 0.419. The summed E-state index contributed by atoms with van der Waals surface area (Å²) in [5.41, 5.74) is 15.0. The lowest BCUT2D eigenvalue weighted by Crippen LogP contribution is -2.28. The van der Waals surface area contributed by atoms with Crippen LogP contribution < -0.4 is 16.8 Å². The molecule has 3 heteroatoms. The second kappa shape index (κ2) is 10.2. The third kappa shape index (κ3) is 6.04. The maximum atomic E-state index is 5.73. The summed E-state index contributed by atoms with van der Waals surface area (Å²) >= 11 is 0. The molecule has 1 aromatic carbocycles. The number of hydrogen-bond acceptors (Lipinski definition) is 3. The van der Waals surface area contributed by atoms with Gasteiger partial charge in [-0.15, -0.1) is 0 Å². The van der Waals surface area contributed by atoms with E-state index in [9.17, 15) is 0 Å². The van der Waals surface area contributed by atoms with Gasteiger partial charge in [0.25, 0.3) is 0 Å². The summed E-state index contributed by atoms with van der Waals surface area (Å²) < 4.78 is 0. The van der Waals surface area contributed by atoms with Crippen LogP contribution in [0.3, 0.4) is 0 Å². The average Bonchev–Trinajstić information content (AvgIpc) is 2.56. The molecule has 1 aromatic rings. The summed E-state index contributed by atoms with van der Waals surface area (Å²) in [6, 6.07) is 8.46. The molecule has 1 atom stereocenters. The normalized spacial score (nSPS) is 13.2. The van der Waals surface area contributed by atoms with E-state index in [0.717, 1.165) is 24.9 Å². The Kier molecular flexibility index (Phi) is 8.56. The highest BCUT2D eigenvalue weighted by molar-refractivity contribution is 5.65. The minimum Gasteiger partial charge on any atom is -0.385 e. The molecule has 5 N–H and O–H groups in total. The summed E-state index contributed by atoms with van der Waals surface area (Å²) in [6.07, 6.45) is 6.17. The van der Waals surface area contributed by atoms with Crippen LogP contribution in [0.1, 0.15) is 37.8 Å². The lowest BCUT2D eigenvalue weighted by molar-refractivity contribution is 0.399. The number of benzene rings is 1. The predicted molar refractivity (Wildman–Crippen MR) is 98.2 cm³/mol. The van der Waals surface area contributed by atoms with E-state index in [2.05, 4.69) is 56.1 Å². The highest BCUT2D eigenvalue weighted by Gasteiger charge is 2.11. The van der Waals surface area contributed by atoms with Gasteiger partial charge in [0.1, 0.15) is 0 Å². The summed E-state index contributed by atoms with van der Waals surface area (Å²) in [5.74, 6) is 0.965. The molecule has 122 valence electrons. The maximum Gasteiger partial charge on any atom is 0.0373 e. The largest absolute Gasteiger partial charge is 0.385 e. The standard InChI is InChI=1S/C19H31N3/c1-4-6-19(18-9-7-16(5-2)8-10-18)22-14-15(3)11-17(12-20)13-21/h5-10,15,17,22H,2,4,11-14,20-21H2,1,3H3/b19-6-. The van der Waals surface area contributed by atoms with Gasteiger partial charge in [0, 0.05) is 12.2 Å². The lowest BCUT2D eigenvalue weighted by atomic mass is 9.95. The Hall–Kier alpha value is -1.58. The van der Waals surface area contributed by atoms with E-state index < -0.39 is 0 Å². The van der Waals surface area contributed by atoms with E-state index >= 15 is 0 Å². The van der Waals surface area contributed by atoms with Crippen LogP contribution >= 0.6 is 0 Å². The summed E-state index contributed by atoms with van der Waals surface area (Å²) in [5, 5.41) is 3.58. The van der Waals surface area contributed by atoms with Crippen molar-refractivity contribution in [3.8, 4) is 0 Å². The van der Waals surface area contributed by atoms with E-state index in [1.165, 1.54) is 11.3 Å². The predicted octanol–water partition coefficient (Wildman–Crippen LogP) is 3.23. The molecule has 1 rings (SSSR count). The van der Waals surface area contributed by atoms with E-state index in [0.29, 0.717) is 24.9 Å². The van der Waals surface area contributed by atoms with E-state index in [1.807, 2.05) is 6.08 Å². The number of nitrogens with two attached hydrogens (primary N) is 2. The van der Waals surface area contributed by atoms with Gasteiger partial charge in [-0.2, -0.15) is 0 Å². The van der Waals surface area contributed by atoms with Crippen LogP contribution in [0, 0.1) is 11.8 Å². The van der Waals surface area contributed by atoms with Crippen LogP contribution in [0.25, 0.3) is 11.8 Å². The first-order chi connectivity index (χ1) is 10.6. The average molecular weight is 301 g/mol. The molecule has 0 fully saturated rings. The molecule has 1 unspecified atom stereocenters. The molecule has 0 aliphatic heterocycles. The third-order valence-corrected chi connectivity index (χ3v) is 3.91. The van der Waals surface area contributed by atoms with Gasteiger partial charge in [-0.05, 0) is 48.9 Å². The molecule has 0 aliphatic rings. The van der Waals surface area contributed by atoms with Crippen molar-refractivity contribution in [3.63, 3.8) is 0 Å². The van der Waals surface area contributed by atoms with Crippen LogP contribution in [0.2, 0.25) is 0 Å². The van der Waals surface area contributed by atoms with Crippen molar-refractivity contribution in [1.82, 2.24) is 5.32 Å². The van der Waals surface area contributed by atoms with Crippen LogP contribution in [-0.4, -0.2) is 19.6 Å². The number of rotatable bonds is 10. The van der Waals surface area contributed by atoms with Crippen molar-refractivity contribution in [1.29, 1.82) is 0 Å². The summed E-state index contributed by atoms with van der Waals surface area (Å²) in [6.45, 7) is 10.5. The summed E-state index contributed by atoms with van der Waals surface area (Å²) in [4.78, 5) is 0. The Morgan fingerprint density at radius 1 is 1.23 bits per heavy atom. The first-order valence-corrected chi connectivity index (χ1v) is 8.21. The third-order valence-electron chi connectivity index (χ3n) is 3.91. The Labute approximate surface area is 135 Å². The van der Waals surface area contributed by atoms with Crippen molar-refractivity contribution in [2.45, 2.75) is 26.7 Å². The Morgan fingerprint density at radius 3 is 2.36 bits per heavy atom. The topological polar surface area (TPSA) is 64.1 Å². The lowest BCUT2D eigenvalue weighted by Gasteiger charge is -2.20. The zero-order valence-electron chi connectivity index (χ0n) is 14.0. The molecule has 0 amide bonds. The molecule has 3 nitrogen and oxygen atoms in total. The SMILES string of the molecule is C=Cc1ccc(/C(=C/CC)NCC(C)CC(CN)CN)cc1. The maximum absolute atomic E-state index is 5.73. The highest BCUT2D eigenvalue weighted by Crippen LogP contribution is 2.16. The number of hydrogen-bond donors (Lipinski definition) is 3. The van der Waals surface area contributed by atoms with Gasteiger partial charge in [0.2, 0.25) is 0 Å². The number of nitrogens with one attached hydrogen (secondary N) is 1. The Balaban J connectivity index is 2.64. The molecular weight excluding hydrogens is 270 g/mol. The molecule has 22 heavy (non-hydrogen) atoms.